The second kappa shape index (κ2) is 23.4. The van der Waals surface area contributed by atoms with Crippen LogP contribution in [0.25, 0.3) is 0 Å². The number of aliphatic hydroxyl groups excluding tert-OH is 2. The number of rotatable bonds is 13. The molecule has 1 saturated heterocycles. The first-order chi connectivity index (χ1) is 29.2. The largest absolute Gasteiger partial charge is 0.445 e. The highest BCUT2D eigenvalue weighted by Crippen LogP contribution is 2.22. The van der Waals surface area contributed by atoms with Crippen molar-refractivity contribution in [3.8, 4) is 0 Å². The van der Waals surface area contributed by atoms with Gasteiger partial charge in [-0.3, -0.25) is 34.1 Å². The van der Waals surface area contributed by atoms with Crippen molar-refractivity contribution in [2.75, 3.05) is 26.3 Å². The predicted molar refractivity (Wildman–Crippen MR) is 220 cm³/mol. The lowest BCUT2D eigenvalue weighted by Crippen LogP contribution is -2.65. The molecule has 0 spiro atoms. The zero-order chi connectivity index (χ0) is 46.1. The molecule has 0 aliphatic carbocycles. The Morgan fingerprint density at radius 2 is 1.58 bits per heavy atom. The van der Waals surface area contributed by atoms with Gasteiger partial charge in [-0.05, 0) is 35.9 Å². The molecule has 2 heterocycles. The molecule has 0 aromatic heterocycles. The van der Waals surface area contributed by atoms with Crippen molar-refractivity contribution in [1.29, 1.82) is 0 Å². The summed E-state index contributed by atoms with van der Waals surface area (Å²) in [5.74, 6) is -6.77. The van der Waals surface area contributed by atoms with Crippen LogP contribution in [-0.2, 0) is 45.5 Å². The number of hydrogen-bond donors (Lipinski definition) is 15. The number of nitrogens with one attached hydrogen (secondary N) is 9. The van der Waals surface area contributed by atoms with Crippen LogP contribution in [0.15, 0.2) is 41.2 Å². The van der Waals surface area contributed by atoms with Gasteiger partial charge in [-0.2, -0.15) is 0 Å². The van der Waals surface area contributed by atoms with Crippen LogP contribution in [-0.4, -0.2) is 132 Å². The zero-order valence-corrected chi connectivity index (χ0v) is 34.6. The van der Waals surface area contributed by atoms with E-state index in [1.54, 1.807) is 0 Å². The van der Waals surface area contributed by atoms with Crippen LogP contribution >= 0.6 is 0 Å². The summed E-state index contributed by atoms with van der Waals surface area (Å²) >= 11 is 0. The van der Waals surface area contributed by atoms with Crippen LogP contribution in [0.5, 0.6) is 0 Å². The molecule has 1 aromatic carbocycles. The van der Waals surface area contributed by atoms with Gasteiger partial charge in [0.1, 0.15) is 42.6 Å². The van der Waals surface area contributed by atoms with E-state index in [-0.39, 0.29) is 30.8 Å². The number of nitrogens with zero attached hydrogens (tertiary/aromatic N) is 1. The number of amides is 9. The Labute approximate surface area is 356 Å². The molecule has 2 aliphatic rings. The second-order valence-electron chi connectivity index (χ2n) is 15.4. The number of aliphatic imine (C=N–C) groups is 1. The number of aliphatic hydroxyl groups is 2. The Morgan fingerprint density at radius 1 is 0.935 bits per heavy atom. The van der Waals surface area contributed by atoms with Crippen LogP contribution in [0, 0.1) is 0 Å². The maximum Gasteiger partial charge on any atom is 0.409 e. The number of carbonyl (C=O) groups is 8. The van der Waals surface area contributed by atoms with Gasteiger partial charge in [0.15, 0.2) is 5.96 Å². The van der Waals surface area contributed by atoms with Crippen molar-refractivity contribution >= 4 is 53.5 Å². The Kier molecular flexibility index (Phi) is 18.8. The van der Waals surface area contributed by atoms with Gasteiger partial charge in [-0.1, -0.05) is 45.0 Å². The lowest BCUT2D eigenvalue weighted by atomic mass is 9.87. The molecule has 25 nitrogen and oxygen atoms in total. The number of primary amides is 1. The van der Waals surface area contributed by atoms with Crippen LogP contribution < -0.4 is 70.8 Å². The minimum absolute atomic E-state index is 0.0923. The summed E-state index contributed by atoms with van der Waals surface area (Å²) in [6.45, 7) is 3.61. The molecular formula is C37H58N14O11. The predicted octanol–water partition coefficient (Wildman–Crippen LogP) is -5.65. The standard InChI is InChI=1S/C37H58N14O11/c1-37(2,3)19-8-6-18(7-9-19)17-62-36(61)50-26-12-21(48-34(40)49-26)28-33(59)42-13-22(44-27(54)11-20(39)5-4-10-38)29(55)46-25(16-53)32(58)47-24(15-52)31(57)45-23(30(56)51-28)14-43-35(41)60/h6-9,14,20-22,24-26,28,52-53H,4-5,10-13,15-17,38-39H2,1-3H3,(H,42,59)(H,44,54)(H,45,57)(H,46,55)(H,47,58)(H,50,61)(H,51,56)(H3,40,48,49)(H3,41,43,60)/b23-14-/t20-,21?,22?,24+,25+,26?,28+/m0/s1. The van der Waals surface area contributed by atoms with Crippen molar-refractivity contribution in [3.63, 3.8) is 0 Å². The fourth-order valence-corrected chi connectivity index (χ4v) is 6.00. The van der Waals surface area contributed by atoms with E-state index >= 15 is 0 Å². The van der Waals surface area contributed by atoms with Crippen molar-refractivity contribution in [2.24, 2.45) is 27.9 Å². The summed E-state index contributed by atoms with van der Waals surface area (Å²) in [5, 5.41) is 41.0. The molecule has 0 bridgehead atoms. The Morgan fingerprint density at radius 3 is 2.19 bits per heavy atom. The summed E-state index contributed by atoms with van der Waals surface area (Å²) < 4.78 is 5.38. The summed E-state index contributed by atoms with van der Waals surface area (Å²) in [6.07, 6.45) is -1.00. The van der Waals surface area contributed by atoms with Gasteiger partial charge < -0.3 is 80.4 Å². The van der Waals surface area contributed by atoms with Gasteiger partial charge in [-0.25, -0.2) is 14.6 Å². The summed E-state index contributed by atoms with van der Waals surface area (Å²) in [4.78, 5) is 110. The molecule has 342 valence electrons. The highest BCUT2D eigenvalue weighted by molar-refractivity contribution is 6.02. The number of alkyl carbamates (subject to hydrolysis) is 1. The van der Waals surface area contributed by atoms with Gasteiger partial charge in [0, 0.05) is 31.6 Å². The van der Waals surface area contributed by atoms with Crippen LogP contribution in [0.1, 0.15) is 57.6 Å². The number of carbonyl (C=O) groups excluding carboxylic acids is 8. The molecule has 3 unspecified atom stereocenters. The van der Waals surface area contributed by atoms with Gasteiger partial charge in [-0.15, -0.1) is 0 Å². The number of nitrogens with two attached hydrogens (primary N) is 4. The molecule has 62 heavy (non-hydrogen) atoms. The summed E-state index contributed by atoms with van der Waals surface area (Å²) in [5.41, 5.74) is 23.7. The van der Waals surface area contributed by atoms with Gasteiger partial charge in [0.2, 0.25) is 29.5 Å². The minimum Gasteiger partial charge on any atom is -0.445 e. The van der Waals surface area contributed by atoms with Crippen molar-refractivity contribution in [1.82, 2.24) is 47.9 Å². The van der Waals surface area contributed by atoms with E-state index in [0.717, 1.165) is 5.56 Å². The van der Waals surface area contributed by atoms with E-state index in [2.05, 4.69) is 68.3 Å². The fourth-order valence-electron chi connectivity index (χ4n) is 6.00. The number of hydrogen-bond acceptors (Lipinski definition) is 16. The first-order valence-corrected chi connectivity index (χ1v) is 19.6. The van der Waals surface area contributed by atoms with E-state index in [1.807, 2.05) is 29.6 Å². The molecule has 19 N–H and O–H groups in total. The van der Waals surface area contributed by atoms with Gasteiger partial charge in [0.05, 0.1) is 19.3 Å². The number of benzene rings is 1. The highest BCUT2D eigenvalue weighted by atomic mass is 16.5. The molecule has 25 heteroatoms. The lowest BCUT2D eigenvalue weighted by Gasteiger charge is -2.34. The molecule has 2 aliphatic heterocycles. The maximum atomic E-state index is 14.1. The van der Waals surface area contributed by atoms with E-state index in [9.17, 15) is 48.6 Å². The molecule has 3 rings (SSSR count). The van der Waals surface area contributed by atoms with E-state index < -0.39 is 115 Å². The van der Waals surface area contributed by atoms with Crippen molar-refractivity contribution < 1.29 is 53.3 Å². The molecule has 0 saturated carbocycles. The lowest BCUT2D eigenvalue weighted by molar-refractivity contribution is -0.135. The molecule has 7 atom stereocenters. The molecule has 1 aromatic rings. The Bertz CT molecular complexity index is 1850. The number of urea groups is 1. The van der Waals surface area contributed by atoms with Crippen molar-refractivity contribution in [2.45, 2.75) is 101 Å². The molecule has 0 radical (unpaired) electrons. The summed E-state index contributed by atoms with van der Waals surface area (Å²) in [6, 6.07) is -2.50. The summed E-state index contributed by atoms with van der Waals surface area (Å²) in [7, 11) is 0. The van der Waals surface area contributed by atoms with Crippen LogP contribution in [0.3, 0.4) is 0 Å². The maximum absolute atomic E-state index is 14.1. The van der Waals surface area contributed by atoms with Crippen molar-refractivity contribution in [3.05, 3.63) is 47.3 Å². The van der Waals surface area contributed by atoms with Gasteiger partial charge >= 0.3 is 12.1 Å². The monoisotopic (exact) mass is 874 g/mol. The van der Waals surface area contributed by atoms with E-state index in [1.165, 1.54) is 0 Å². The molecule has 9 amide bonds. The first-order valence-electron chi connectivity index (χ1n) is 19.6. The SMILES string of the molecule is CC(C)(C)c1ccc(COC(=O)NC2CC([C@H]3NC(=O)/C(=C/NC(N)=O)NC(=O)[C@@H](CO)NC(=O)[C@@H](CO)NC(=O)C(NC(=O)C[C@@H](N)CCCN)CNC3=O)NC(N)=N2)cc1. The fraction of sp³-hybridized carbons (Fsp3) is 0.541. The van der Waals surface area contributed by atoms with E-state index in [4.69, 9.17) is 27.7 Å². The third-order valence-electron chi connectivity index (χ3n) is 9.40. The third-order valence-corrected chi connectivity index (χ3v) is 9.40. The highest BCUT2D eigenvalue weighted by Gasteiger charge is 2.38. The van der Waals surface area contributed by atoms with Gasteiger partial charge in [0.25, 0.3) is 5.91 Å². The second-order valence-corrected chi connectivity index (χ2v) is 15.4. The quantitative estimate of drug-likeness (QED) is 0.0822. The number of guanidine groups is 1. The first kappa shape index (κ1) is 49.8. The van der Waals surface area contributed by atoms with Crippen LogP contribution in [0.2, 0.25) is 0 Å². The topological polar surface area (TPSA) is 411 Å². The third kappa shape index (κ3) is 15.8. The average Bonchev–Trinajstić information content (AvgIpc) is 3.20. The molecule has 1 fully saturated rings. The van der Waals surface area contributed by atoms with Crippen LogP contribution in [0.4, 0.5) is 9.59 Å². The number of ether oxygens (including phenoxy) is 1. The van der Waals surface area contributed by atoms with E-state index in [0.29, 0.717) is 31.1 Å². The Balaban J connectivity index is 1.96. The average molecular weight is 875 g/mol. The smallest absolute Gasteiger partial charge is 0.409 e. The minimum atomic E-state index is -1.82. The molecular weight excluding hydrogens is 816 g/mol. The zero-order valence-electron chi connectivity index (χ0n) is 34.6. The normalized spacial score (nSPS) is 24.1. The Hall–Kier alpha value is -6.57.